The number of thiazole rings is 1. The average molecular weight is 366 g/mol. The quantitative estimate of drug-likeness (QED) is 0.617. The first kappa shape index (κ1) is 18.1. The average Bonchev–Trinajstić information content (AvgIpc) is 2.93. The lowest BCUT2D eigenvalue weighted by molar-refractivity contribution is 0.0998. The van der Waals surface area contributed by atoms with Crippen LogP contribution in [0, 0.1) is 13.8 Å². The van der Waals surface area contributed by atoms with Gasteiger partial charge in [0, 0.05) is 12.1 Å². The number of nitrogens with zero attached hydrogens (tertiary/aromatic N) is 2. The van der Waals surface area contributed by atoms with E-state index in [1.54, 1.807) is 24.3 Å². The molecule has 26 heavy (non-hydrogen) atoms. The smallest absolute Gasteiger partial charge is 0.279 e. The Morgan fingerprint density at radius 2 is 1.92 bits per heavy atom. The molecule has 5 heteroatoms. The SMILES string of the molecule is C=CCn1c(=NC(=O)c2ccc(OCC)cc2)sc2cc(C)c(C)cc21. The van der Waals surface area contributed by atoms with Crippen molar-refractivity contribution in [3.63, 3.8) is 0 Å². The number of carbonyl (C=O) groups excluding carboxylic acids is 1. The molecule has 3 aromatic rings. The molecule has 0 saturated heterocycles. The van der Waals surface area contributed by atoms with Crippen LogP contribution in [-0.4, -0.2) is 17.1 Å². The summed E-state index contributed by atoms with van der Waals surface area (Å²) in [6, 6.07) is 11.4. The van der Waals surface area contributed by atoms with Gasteiger partial charge in [0.25, 0.3) is 5.91 Å². The summed E-state index contributed by atoms with van der Waals surface area (Å²) < 4.78 is 8.57. The van der Waals surface area contributed by atoms with E-state index in [-0.39, 0.29) is 5.91 Å². The molecule has 1 aromatic heterocycles. The van der Waals surface area contributed by atoms with Gasteiger partial charge in [-0.15, -0.1) is 6.58 Å². The number of aryl methyl sites for hydroxylation is 2. The maximum absolute atomic E-state index is 12.6. The summed E-state index contributed by atoms with van der Waals surface area (Å²) in [6.45, 7) is 11.1. The third-order valence-electron chi connectivity index (χ3n) is 4.22. The lowest BCUT2D eigenvalue weighted by Gasteiger charge is -2.04. The highest BCUT2D eigenvalue weighted by Gasteiger charge is 2.10. The lowest BCUT2D eigenvalue weighted by atomic mass is 10.1. The van der Waals surface area contributed by atoms with Crippen molar-refractivity contribution in [1.82, 2.24) is 4.57 Å². The van der Waals surface area contributed by atoms with E-state index in [1.807, 2.05) is 17.6 Å². The Balaban J connectivity index is 2.06. The first-order valence-electron chi connectivity index (χ1n) is 8.57. The molecule has 0 spiro atoms. The van der Waals surface area contributed by atoms with Crippen LogP contribution in [-0.2, 0) is 6.54 Å². The molecule has 0 aliphatic rings. The number of benzene rings is 2. The van der Waals surface area contributed by atoms with E-state index >= 15 is 0 Å². The largest absolute Gasteiger partial charge is 0.494 e. The van der Waals surface area contributed by atoms with Crippen molar-refractivity contribution in [3.8, 4) is 5.75 Å². The molecular formula is C21H22N2O2S. The van der Waals surface area contributed by atoms with E-state index in [4.69, 9.17) is 4.74 Å². The topological polar surface area (TPSA) is 43.6 Å². The number of hydrogen-bond donors (Lipinski definition) is 0. The minimum absolute atomic E-state index is 0.258. The first-order valence-corrected chi connectivity index (χ1v) is 9.38. The normalized spacial score (nSPS) is 11.7. The van der Waals surface area contributed by atoms with Crippen molar-refractivity contribution in [1.29, 1.82) is 0 Å². The third kappa shape index (κ3) is 3.63. The van der Waals surface area contributed by atoms with Crippen molar-refractivity contribution in [2.24, 2.45) is 4.99 Å². The van der Waals surface area contributed by atoms with Crippen LogP contribution in [0.4, 0.5) is 0 Å². The third-order valence-corrected chi connectivity index (χ3v) is 5.26. The summed E-state index contributed by atoms with van der Waals surface area (Å²) in [7, 11) is 0. The maximum atomic E-state index is 12.6. The van der Waals surface area contributed by atoms with Crippen LogP contribution in [0.5, 0.6) is 5.75 Å². The highest BCUT2D eigenvalue weighted by Crippen LogP contribution is 2.22. The molecule has 4 nitrogen and oxygen atoms in total. The lowest BCUT2D eigenvalue weighted by Crippen LogP contribution is -2.16. The number of fused-ring (bicyclic) bond motifs is 1. The minimum Gasteiger partial charge on any atom is -0.494 e. The van der Waals surface area contributed by atoms with Gasteiger partial charge in [-0.1, -0.05) is 17.4 Å². The second kappa shape index (κ2) is 7.70. The van der Waals surface area contributed by atoms with Crippen molar-refractivity contribution in [2.75, 3.05) is 6.61 Å². The number of aromatic nitrogens is 1. The second-order valence-electron chi connectivity index (χ2n) is 6.06. The van der Waals surface area contributed by atoms with Crippen molar-refractivity contribution >= 4 is 27.5 Å². The van der Waals surface area contributed by atoms with Crippen molar-refractivity contribution in [3.05, 3.63) is 70.5 Å². The van der Waals surface area contributed by atoms with E-state index in [2.05, 4.69) is 37.6 Å². The molecular weight excluding hydrogens is 344 g/mol. The van der Waals surface area contributed by atoms with E-state index < -0.39 is 0 Å². The van der Waals surface area contributed by atoms with Gasteiger partial charge < -0.3 is 9.30 Å². The number of rotatable bonds is 5. The Bertz CT molecular complexity index is 1030. The molecule has 0 bridgehead atoms. The Morgan fingerprint density at radius 1 is 1.23 bits per heavy atom. The van der Waals surface area contributed by atoms with Crippen LogP contribution in [0.2, 0.25) is 0 Å². The van der Waals surface area contributed by atoms with Gasteiger partial charge in [0.15, 0.2) is 4.80 Å². The Labute approximate surface area is 157 Å². The second-order valence-corrected chi connectivity index (χ2v) is 7.07. The Morgan fingerprint density at radius 3 is 2.58 bits per heavy atom. The molecule has 0 fully saturated rings. The van der Waals surface area contributed by atoms with Crippen LogP contribution in [0.1, 0.15) is 28.4 Å². The van der Waals surface area contributed by atoms with Gasteiger partial charge >= 0.3 is 0 Å². The highest BCUT2D eigenvalue weighted by atomic mass is 32.1. The minimum atomic E-state index is -0.258. The molecule has 3 rings (SSSR count). The zero-order chi connectivity index (χ0) is 18.7. The number of allylic oxidation sites excluding steroid dienone is 1. The van der Waals surface area contributed by atoms with Crippen LogP contribution >= 0.6 is 11.3 Å². The van der Waals surface area contributed by atoms with Gasteiger partial charge in [0.1, 0.15) is 5.75 Å². The summed E-state index contributed by atoms with van der Waals surface area (Å²) in [5, 5.41) is 0. The van der Waals surface area contributed by atoms with Gasteiger partial charge in [0.2, 0.25) is 0 Å². The summed E-state index contributed by atoms with van der Waals surface area (Å²) in [5.74, 6) is 0.490. The fraction of sp³-hybridized carbons (Fsp3) is 0.238. The summed E-state index contributed by atoms with van der Waals surface area (Å²) >= 11 is 1.52. The molecule has 0 radical (unpaired) electrons. The van der Waals surface area contributed by atoms with E-state index in [9.17, 15) is 4.79 Å². The molecule has 0 aliphatic heterocycles. The van der Waals surface area contributed by atoms with Crippen molar-refractivity contribution in [2.45, 2.75) is 27.3 Å². The van der Waals surface area contributed by atoms with Crippen LogP contribution in [0.15, 0.2) is 54.0 Å². The Kier molecular flexibility index (Phi) is 5.38. The van der Waals surface area contributed by atoms with Gasteiger partial charge in [0.05, 0.1) is 16.8 Å². The van der Waals surface area contributed by atoms with Crippen LogP contribution < -0.4 is 9.54 Å². The summed E-state index contributed by atoms with van der Waals surface area (Å²) in [5.41, 5.74) is 4.08. The van der Waals surface area contributed by atoms with Crippen molar-refractivity contribution < 1.29 is 9.53 Å². The molecule has 0 aliphatic carbocycles. The molecule has 0 saturated carbocycles. The van der Waals surface area contributed by atoms with E-state index in [0.717, 1.165) is 16.0 Å². The molecule has 0 atom stereocenters. The molecule has 134 valence electrons. The van der Waals surface area contributed by atoms with Gasteiger partial charge in [-0.2, -0.15) is 4.99 Å². The number of amides is 1. The number of hydrogen-bond acceptors (Lipinski definition) is 3. The Hall–Kier alpha value is -2.66. The number of ether oxygens (including phenoxy) is 1. The first-order chi connectivity index (χ1) is 12.5. The fourth-order valence-electron chi connectivity index (χ4n) is 2.72. The predicted octanol–water partition coefficient (Wildman–Crippen LogP) is 4.65. The standard InChI is InChI=1S/C21H22N2O2S/c1-5-11-23-18-12-14(3)15(4)13-19(18)26-21(23)22-20(24)16-7-9-17(10-8-16)25-6-2/h5,7-10,12-13H,1,6,11H2,2-4H3. The maximum Gasteiger partial charge on any atom is 0.279 e. The molecule has 1 amide bonds. The van der Waals surface area contributed by atoms with Gasteiger partial charge in [-0.05, 0) is 68.3 Å². The van der Waals surface area contributed by atoms with Crippen LogP contribution in [0.25, 0.3) is 10.2 Å². The number of carbonyl (C=O) groups is 1. The summed E-state index contributed by atoms with van der Waals surface area (Å²) in [6.07, 6.45) is 1.82. The zero-order valence-electron chi connectivity index (χ0n) is 15.3. The van der Waals surface area contributed by atoms with Crippen LogP contribution in [0.3, 0.4) is 0 Å². The van der Waals surface area contributed by atoms with E-state index in [0.29, 0.717) is 23.5 Å². The highest BCUT2D eigenvalue weighted by molar-refractivity contribution is 7.16. The molecule has 0 N–H and O–H groups in total. The van der Waals surface area contributed by atoms with E-state index in [1.165, 1.54) is 22.5 Å². The zero-order valence-corrected chi connectivity index (χ0v) is 16.1. The van der Waals surface area contributed by atoms with Gasteiger partial charge in [-0.3, -0.25) is 4.79 Å². The molecule has 2 aromatic carbocycles. The predicted molar refractivity (Wildman–Crippen MR) is 107 cm³/mol. The summed E-state index contributed by atoms with van der Waals surface area (Å²) in [4.78, 5) is 17.7. The molecule has 0 unspecified atom stereocenters. The van der Waals surface area contributed by atoms with Gasteiger partial charge in [-0.25, -0.2) is 0 Å². The monoisotopic (exact) mass is 366 g/mol. The molecule has 1 heterocycles. The fourth-order valence-corrected chi connectivity index (χ4v) is 3.84.